The summed E-state index contributed by atoms with van der Waals surface area (Å²) in [6.45, 7) is 6.29. The summed E-state index contributed by atoms with van der Waals surface area (Å²) >= 11 is 0. The second-order valence-corrected chi connectivity index (χ2v) is 6.88. The fraction of sp³-hybridized carbons (Fsp3) is 0.619. The van der Waals surface area contributed by atoms with Gasteiger partial charge in [0.2, 0.25) is 5.91 Å². The second kappa shape index (κ2) is 13.0. The van der Waals surface area contributed by atoms with E-state index in [0.29, 0.717) is 36.6 Å². The number of hydrogen-bond donors (Lipinski definition) is 2. The molecule has 0 bridgehead atoms. The van der Waals surface area contributed by atoms with E-state index >= 15 is 0 Å². The number of carboxylic acids is 1. The van der Waals surface area contributed by atoms with Crippen LogP contribution in [0, 0.1) is 0 Å². The number of methoxy groups -OCH3 is 1. The van der Waals surface area contributed by atoms with Crippen LogP contribution in [0.25, 0.3) is 0 Å². The third kappa shape index (κ3) is 8.61. The molecule has 1 aromatic rings. The quantitative estimate of drug-likeness (QED) is 0.504. The molecule has 158 valence electrons. The molecule has 0 fully saturated rings. The SMILES string of the molecule is CCCCN(C)CCC(=O)NC(CC(=O)O)c1ccc(OCCC)c(OC)c1. The number of nitrogens with one attached hydrogen (secondary N) is 1. The van der Waals surface area contributed by atoms with Gasteiger partial charge in [-0.3, -0.25) is 9.59 Å². The Labute approximate surface area is 168 Å². The molecule has 1 aromatic carbocycles. The number of amides is 1. The van der Waals surface area contributed by atoms with Gasteiger partial charge >= 0.3 is 5.97 Å². The first-order valence-electron chi connectivity index (χ1n) is 9.91. The first-order chi connectivity index (χ1) is 13.4. The van der Waals surface area contributed by atoms with Crippen LogP contribution in [-0.2, 0) is 9.59 Å². The Morgan fingerprint density at radius 3 is 2.54 bits per heavy atom. The topological polar surface area (TPSA) is 88.1 Å². The van der Waals surface area contributed by atoms with Gasteiger partial charge in [-0.25, -0.2) is 0 Å². The molecule has 1 rings (SSSR count). The predicted molar refractivity (Wildman–Crippen MR) is 109 cm³/mol. The zero-order valence-corrected chi connectivity index (χ0v) is 17.5. The highest BCUT2D eigenvalue weighted by molar-refractivity contribution is 5.78. The van der Waals surface area contributed by atoms with Crippen molar-refractivity contribution in [3.63, 3.8) is 0 Å². The van der Waals surface area contributed by atoms with Gasteiger partial charge in [-0.2, -0.15) is 0 Å². The van der Waals surface area contributed by atoms with E-state index < -0.39 is 12.0 Å². The van der Waals surface area contributed by atoms with E-state index in [9.17, 15) is 14.7 Å². The number of carbonyl (C=O) groups excluding carboxylic acids is 1. The van der Waals surface area contributed by atoms with Crippen LogP contribution in [0.3, 0.4) is 0 Å². The molecule has 2 N–H and O–H groups in total. The minimum absolute atomic E-state index is 0.167. The lowest BCUT2D eigenvalue weighted by Crippen LogP contribution is -2.33. The molecule has 0 saturated heterocycles. The molecular formula is C21H34N2O5. The Balaban J connectivity index is 2.81. The lowest BCUT2D eigenvalue weighted by Gasteiger charge is -2.21. The fourth-order valence-electron chi connectivity index (χ4n) is 2.76. The molecule has 0 aliphatic heterocycles. The third-order valence-corrected chi connectivity index (χ3v) is 4.38. The van der Waals surface area contributed by atoms with Gasteiger partial charge in [0, 0.05) is 13.0 Å². The van der Waals surface area contributed by atoms with Crippen molar-refractivity contribution in [1.29, 1.82) is 0 Å². The molecule has 7 nitrogen and oxygen atoms in total. The largest absolute Gasteiger partial charge is 0.493 e. The normalized spacial score (nSPS) is 11.9. The van der Waals surface area contributed by atoms with E-state index in [-0.39, 0.29) is 12.3 Å². The number of unbranched alkanes of at least 4 members (excludes halogenated alkanes) is 1. The minimum atomic E-state index is -0.976. The summed E-state index contributed by atoms with van der Waals surface area (Å²) in [6.07, 6.45) is 3.19. The van der Waals surface area contributed by atoms with Gasteiger partial charge in [-0.1, -0.05) is 26.3 Å². The van der Waals surface area contributed by atoms with Crippen molar-refractivity contribution in [3.05, 3.63) is 23.8 Å². The lowest BCUT2D eigenvalue weighted by atomic mass is 10.0. The van der Waals surface area contributed by atoms with E-state index in [1.54, 1.807) is 18.2 Å². The number of hydrogen-bond acceptors (Lipinski definition) is 5. The van der Waals surface area contributed by atoms with Crippen LogP contribution in [0.4, 0.5) is 0 Å². The maximum Gasteiger partial charge on any atom is 0.305 e. The number of rotatable bonds is 14. The first-order valence-corrected chi connectivity index (χ1v) is 9.91. The number of ether oxygens (including phenoxy) is 2. The van der Waals surface area contributed by atoms with Crippen molar-refractivity contribution in [2.45, 2.75) is 52.0 Å². The highest BCUT2D eigenvalue weighted by Gasteiger charge is 2.20. The summed E-state index contributed by atoms with van der Waals surface area (Å²) in [5, 5.41) is 12.1. The van der Waals surface area contributed by atoms with Crippen LogP contribution in [-0.4, -0.2) is 55.7 Å². The first kappa shape index (κ1) is 23.8. The fourth-order valence-corrected chi connectivity index (χ4v) is 2.76. The van der Waals surface area contributed by atoms with Gasteiger partial charge in [0.05, 0.1) is 26.2 Å². The predicted octanol–water partition coefficient (Wildman–Crippen LogP) is 3.24. The molecule has 0 heterocycles. The standard InChI is InChI=1S/C21H34N2O5/c1-5-7-11-23(3)12-10-20(24)22-17(15-21(25)26)16-8-9-18(28-13-6-2)19(14-16)27-4/h8-9,14,17H,5-7,10-13,15H2,1-4H3,(H,22,24)(H,25,26). The summed E-state index contributed by atoms with van der Waals surface area (Å²) in [7, 11) is 3.52. The highest BCUT2D eigenvalue weighted by atomic mass is 16.5. The van der Waals surface area contributed by atoms with Crippen LogP contribution in [0.1, 0.15) is 57.6 Å². The van der Waals surface area contributed by atoms with Gasteiger partial charge in [0.15, 0.2) is 11.5 Å². The van der Waals surface area contributed by atoms with Crippen LogP contribution in [0.15, 0.2) is 18.2 Å². The van der Waals surface area contributed by atoms with Gasteiger partial charge in [0.25, 0.3) is 0 Å². The molecule has 28 heavy (non-hydrogen) atoms. The van der Waals surface area contributed by atoms with E-state index in [0.717, 1.165) is 25.8 Å². The smallest absolute Gasteiger partial charge is 0.305 e. The third-order valence-electron chi connectivity index (χ3n) is 4.38. The number of carboxylic acid groups (broad SMARTS) is 1. The van der Waals surface area contributed by atoms with Crippen molar-refractivity contribution in [1.82, 2.24) is 10.2 Å². The molecular weight excluding hydrogens is 360 g/mol. The van der Waals surface area contributed by atoms with Crippen LogP contribution < -0.4 is 14.8 Å². The molecule has 0 aromatic heterocycles. The Morgan fingerprint density at radius 2 is 1.93 bits per heavy atom. The maximum absolute atomic E-state index is 12.4. The Morgan fingerprint density at radius 1 is 1.18 bits per heavy atom. The zero-order chi connectivity index (χ0) is 20.9. The van der Waals surface area contributed by atoms with Gasteiger partial charge in [-0.15, -0.1) is 0 Å². The van der Waals surface area contributed by atoms with Crippen LogP contribution in [0.5, 0.6) is 11.5 Å². The van der Waals surface area contributed by atoms with Crippen molar-refractivity contribution >= 4 is 11.9 Å². The van der Waals surface area contributed by atoms with E-state index in [2.05, 4.69) is 17.1 Å². The van der Waals surface area contributed by atoms with Crippen molar-refractivity contribution in [2.24, 2.45) is 0 Å². The number of nitrogens with zero attached hydrogens (tertiary/aromatic N) is 1. The molecule has 0 aliphatic carbocycles. The molecule has 0 spiro atoms. The average molecular weight is 395 g/mol. The van der Waals surface area contributed by atoms with Crippen LogP contribution in [0.2, 0.25) is 0 Å². The molecule has 1 atom stereocenters. The van der Waals surface area contributed by atoms with Crippen molar-refractivity contribution in [3.8, 4) is 11.5 Å². The second-order valence-electron chi connectivity index (χ2n) is 6.88. The highest BCUT2D eigenvalue weighted by Crippen LogP contribution is 2.31. The molecule has 0 radical (unpaired) electrons. The molecule has 7 heteroatoms. The zero-order valence-electron chi connectivity index (χ0n) is 17.5. The average Bonchev–Trinajstić information content (AvgIpc) is 2.68. The maximum atomic E-state index is 12.4. The molecule has 0 saturated carbocycles. The summed E-state index contributed by atoms with van der Waals surface area (Å²) in [5.41, 5.74) is 0.677. The number of carbonyl (C=O) groups is 2. The Kier molecular flexibility index (Phi) is 11.0. The number of aliphatic carboxylic acids is 1. The lowest BCUT2D eigenvalue weighted by molar-refractivity contribution is -0.137. The van der Waals surface area contributed by atoms with E-state index in [1.807, 2.05) is 14.0 Å². The minimum Gasteiger partial charge on any atom is -0.493 e. The molecule has 1 amide bonds. The Bertz CT molecular complexity index is 621. The van der Waals surface area contributed by atoms with Crippen molar-refractivity contribution in [2.75, 3.05) is 33.9 Å². The van der Waals surface area contributed by atoms with Gasteiger partial charge < -0.3 is 24.8 Å². The van der Waals surface area contributed by atoms with Gasteiger partial charge in [0.1, 0.15) is 0 Å². The van der Waals surface area contributed by atoms with Gasteiger partial charge in [-0.05, 0) is 44.1 Å². The summed E-state index contributed by atoms with van der Waals surface area (Å²) in [6, 6.07) is 4.63. The van der Waals surface area contributed by atoms with E-state index in [1.165, 1.54) is 7.11 Å². The Hall–Kier alpha value is -2.28. The number of benzene rings is 1. The summed E-state index contributed by atoms with van der Waals surface area (Å²) < 4.78 is 11.0. The summed E-state index contributed by atoms with van der Waals surface area (Å²) in [5.74, 6) is -0.0172. The molecule has 1 unspecified atom stereocenters. The van der Waals surface area contributed by atoms with Crippen LogP contribution >= 0.6 is 0 Å². The monoisotopic (exact) mass is 394 g/mol. The van der Waals surface area contributed by atoms with E-state index in [4.69, 9.17) is 9.47 Å². The van der Waals surface area contributed by atoms with Crippen molar-refractivity contribution < 1.29 is 24.2 Å². The summed E-state index contributed by atoms with van der Waals surface area (Å²) in [4.78, 5) is 25.8. The molecule has 0 aliphatic rings.